The molecule has 0 saturated heterocycles. The highest BCUT2D eigenvalue weighted by Crippen LogP contribution is 2.62. The number of hydrogen-bond donors (Lipinski definition) is 1. The van der Waals surface area contributed by atoms with E-state index in [1.165, 1.54) is 5.56 Å². The second-order valence-electron chi connectivity index (χ2n) is 7.32. The first kappa shape index (κ1) is 12.4. The minimum atomic E-state index is -0.840. The molecule has 2 heteroatoms. The van der Waals surface area contributed by atoms with Crippen molar-refractivity contribution in [2.45, 2.75) is 63.8 Å². The normalized spacial score (nSPS) is 47.8. The Balaban J connectivity index is 1.81. The van der Waals surface area contributed by atoms with Crippen LogP contribution in [-0.2, 0) is 6.42 Å². The van der Waals surface area contributed by atoms with Gasteiger partial charge in [0.1, 0.15) is 5.75 Å². The number of rotatable bonds is 2. The van der Waals surface area contributed by atoms with E-state index in [1.807, 2.05) is 12.1 Å². The predicted octanol–water partition coefficient (Wildman–Crippen LogP) is 4.30. The van der Waals surface area contributed by atoms with Gasteiger partial charge in [0.05, 0.1) is 13.2 Å². The van der Waals surface area contributed by atoms with Crippen molar-refractivity contribution < 1.29 is 12.6 Å². The fourth-order valence-corrected chi connectivity index (χ4v) is 5.52. The second-order valence-corrected chi connectivity index (χ2v) is 7.32. The van der Waals surface area contributed by atoms with Crippen LogP contribution in [0, 0.1) is 17.3 Å². The summed E-state index contributed by atoms with van der Waals surface area (Å²) in [6, 6.07) is 6.02. The summed E-state index contributed by atoms with van der Waals surface area (Å²) < 4.78 is 23.6. The molecule has 0 bridgehead atoms. The fourth-order valence-electron chi connectivity index (χ4n) is 5.52. The van der Waals surface area contributed by atoms with Crippen molar-refractivity contribution in [2.75, 3.05) is 7.11 Å². The van der Waals surface area contributed by atoms with Crippen molar-refractivity contribution in [3.05, 3.63) is 29.3 Å². The molecule has 0 radical (unpaired) electrons. The smallest absolute Gasteiger partial charge is 0.119 e. The molecule has 6 atom stereocenters. The molecule has 22 heavy (non-hydrogen) atoms. The first-order valence-electron chi connectivity index (χ1n) is 9.82. The summed E-state index contributed by atoms with van der Waals surface area (Å²) in [6.07, 6.45) is 4.58. The van der Waals surface area contributed by atoms with E-state index in [0.717, 1.165) is 43.4 Å². The SMILES string of the molecule is [3H]C1C[C@]2(CC)[C@@H](O)CC[C@H]2[C@@H]2CCc3cc(OC)ccc3[C@@]12[3H]. The van der Waals surface area contributed by atoms with Crippen LogP contribution in [0.15, 0.2) is 18.2 Å². The lowest BCUT2D eigenvalue weighted by molar-refractivity contribution is -0.0394. The molecule has 1 unspecified atom stereocenters. The van der Waals surface area contributed by atoms with E-state index in [4.69, 9.17) is 6.11 Å². The topological polar surface area (TPSA) is 29.5 Å². The molecule has 3 aliphatic rings. The zero-order chi connectivity index (χ0) is 17.1. The Kier molecular flexibility index (Phi) is 2.97. The zero-order valence-electron chi connectivity index (χ0n) is 15.6. The first-order chi connectivity index (χ1) is 11.5. The average molecular weight is 304 g/mol. The van der Waals surface area contributed by atoms with Crippen LogP contribution in [0.2, 0.25) is 0 Å². The lowest BCUT2D eigenvalue weighted by Gasteiger charge is -2.51. The van der Waals surface area contributed by atoms with Crippen molar-refractivity contribution in [1.29, 1.82) is 0 Å². The maximum absolute atomic E-state index is 10.7. The molecule has 2 saturated carbocycles. The van der Waals surface area contributed by atoms with Crippen LogP contribution < -0.4 is 4.74 Å². The van der Waals surface area contributed by atoms with Crippen LogP contribution in [0.25, 0.3) is 0 Å². The van der Waals surface area contributed by atoms with E-state index in [2.05, 4.69) is 13.0 Å². The minimum Gasteiger partial charge on any atom is -0.497 e. The number of aliphatic hydroxyl groups excluding tert-OH is 1. The molecular weight excluding hydrogens is 272 g/mol. The number of aliphatic hydroxyl groups is 1. The van der Waals surface area contributed by atoms with Gasteiger partial charge in [0.15, 0.2) is 0 Å². The Morgan fingerprint density at radius 2 is 2.27 bits per heavy atom. The molecule has 120 valence electrons. The molecule has 4 rings (SSSR count). The van der Waals surface area contributed by atoms with Gasteiger partial charge in [-0.05, 0) is 91.3 Å². The van der Waals surface area contributed by atoms with E-state index in [0.29, 0.717) is 12.3 Å². The van der Waals surface area contributed by atoms with Crippen molar-refractivity contribution in [2.24, 2.45) is 17.3 Å². The lowest BCUT2D eigenvalue weighted by Crippen LogP contribution is -2.45. The standard InChI is InChI=1S/C20H28O2/c1-3-20-11-10-16-15-7-5-14(22-2)12-13(15)4-6-17(16)18(20)8-9-19(20)21/h5,7,12,16-19,21H,3-4,6,8-11H2,1-2H3/t16-,17-,18+,19+,20+/m1/s1/i10T,16T/t10?,16-,17-,18+,19+,20+. The number of hydrogen-bond acceptors (Lipinski definition) is 2. The molecule has 1 aromatic carbocycles. The van der Waals surface area contributed by atoms with Gasteiger partial charge in [0, 0.05) is 2.74 Å². The summed E-state index contributed by atoms with van der Waals surface area (Å²) in [6.45, 7) is 2.16. The summed E-state index contributed by atoms with van der Waals surface area (Å²) in [5.74, 6) is 0.568. The first-order valence-corrected chi connectivity index (χ1v) is 8.75. The maximum atomic E-state index is 10.7. The van der Waals surface area contributed by atoms with E-state index < -0.39 is 12.3 Å². The minimum absolute atomic E-state index is 0.133. The number of aryl methyl sites for hydroxylation is 1. The van der Waals surface area contributed by atoms with Gasteiger partial charge in [-0.2, -0.15) is 0 Å². The number of benzene rings is 1. The molecule has 0 aliphatic heterocycles. The summed E-state index contributed by atoms with van der Waals surface area (Å²) in [5, 5.41) is 10.7. The molecule has 1 N–H and O–H groups in total. The highest BCUT2D eigenvalue weighted by molar-refractivity contribution is 5.40. The molecule has 2 fully saturated rings. The van der Waals surface area contributed by atoms with Gasteiger partial charge in [-0.3, -0.25) is 0 Å². The van der Waals surface area contributed by atoms with Crippen molar-refractivity contribution >= 4 is 0 Å². The second kappa shape index (κ2) is 5.26. The molecular formula is C20H28O2. The summed E-state index contributed by atoms with van der Waals surface area (Å²) >= 11 is 0. The van der Waals surface area contributed by atoms with Crippen molar-refractivity contribution in [3.8, 4) is 5.75 Å². The maximum Gasteiger partial charge on any atom is 0.119 e. The molecule has 1 aromatic rings. The van der Waals surface area contributed by atoms with E-state index >= 15 is 0 Å². The Bertz CT molecular complexity index is 649. The molecule has 0 heterocycles. The van der Waals surface area contributed by atoms with Gasteiger partial charge < -0.3 is 9.84 Å². The largest absolute Gasteiger partial charge is 0.497 e. The number of methoxy groups -OCH3 is 1. The van der Waals surface area contributed by atoms with Crippen molar-refractivity contribution in [1.82, 2.24) is 0 Å². The van der Waals surface area contributed by atoms with Crippen LogP contribution in [0.1, 0.15) is 65.2 Å². The van der Waals surface area contributed by atoms with Gasteiger partial charge in [-0.15, -0.1) is 0 Å². The highest BCUT2D eigenvalue weighted by atomic mass is 16.5. The third-order valence-electron chi connectivity index (χ3n) is 6.75. The number of ether oxygens (including phenoxy) is 1. The van der Waals surface area contributed by atoms with Gasteiger partial charge in [-0.1, -0.05) is 13.0 Å². The van der Waals surface area contributed by atoms with Crippen LogP contribution in [0.4, 0.5) is 0 Å². The molecule has 3 aliphatic carbocycles. The van der Waals surface area contributed by atoms with Crippen LogP contribution in [0.5, 0.6) is 5.75 Å². The summed E-state index contributed by atoms with van der Waals surface area (Å²) in [7, 11) is 1.67. The van der Waals surface area contributed by atoms with Gasteiger partial charge in [0.2, 0.25) is 0 Å². The molecule has 0 spiro atoms. The van der Waals surface area contributed by atoms with E-state index in [1.54, 1.807) is 7.11 Å². The molecule has 2 nitrogen and oxygen atoms in total. The van der Waals surface area contributed by atoms with E-state index in [9.17, 15) is 6.48 Å². The Labute approximate surface area is 136 Å². The summed E-state index contributed by atoms with van der Waals surface area (Å²) in [5.41, 5.74) is 2.08. The van der Waals surface area contributed by atoms with Gasteiger partial charge in [0.25, 0.3) is 0 Å². The van der Waals surface area contributed by atoms with Crippen LogP contribution in [-0.4, -0.2) is 18.3 Å². The quantitative estimate of drug-likeness (QED) is 0.882. The lowest BCUT2D eigenvalue weighted by atomic mass is 9.54. The molecule has 0 aromatic heterocycles. The zero-order valence-corrected chi connectivity index (χ0v) is 13.6. The van der Waals surface area contributed by atoms with Crippen LogP contribution in [0.3, 0.4) is 0 Å². The van der Waals surface area contributed by atoms with Crippen LogP contribution >= 0.6 is 0 Å². The van der Waals surface area contributed by atoms with Gasteiger partial charge in [-0.25, -0.2) is 0 Å². The van der Waals surface area contributed by atoms with E-state index in [-0.39, 0.29) is 17.4 Å². The van der Waals surface area contributed by atoms with Crippen molar-refractivity contribution in [3.63, 3.8) is 0 Å². The average Bonchev–Trinajstić information content (AvgIpc) is 2.92. The Morgan fingerprint density at radius 1 is 1.41 bits per heavy atom. The predicted molar refractivity (Wildman–Crippen MR) is 88.2 cm³/mol. The third kappa shape index (κ3) is 1.89. The highest BCUT2D eigenvalue weighted by Gasteiger charge is 2.55. The summed E-state index contributed by atoms with van der Waals surface area (Å²) in [4.78, 5) is 0. The fraction of sp³-hybridized carbons (Fsp3) is 0.700. The monoisotopic (exact) mass is 304 g/mol. The van der Waals surface area contributed by atoms with Gasteiger partial charge >= 0.3 is 0 Å². The number of fused-ring (bicyclic) bond motifs is 5. The Morgan fingerprint density at radius 3 is 3.05 bits per heavy atom. The molecule has 0 amide bonds. The Hall–Kier alpha value is -1.02. The third-order valence-corrected chi connectivity index (χ3v) is 6.75.